The van der Waals surface area contributed by atoms with Gasteiger partial charge in [-0.15, -0.1) is 0 Å². The predicted molar refractivity (Wildman–Crippen MR) is 107 cm³/mol. The molecular formula is C21H24N4O3. The number of benzene rings is 2. The van der Waals surface area contributed by atoms with Crippen molar-refractivity contribution in [2.45, 2.75) is 20.0 Å². The Kier molecular flexibility index (Phi) is 6.51. The quantitative estimate of drug-likeness (QED) is 0.629. The van der Waals surface area contributed by atoms with Gasteiger partial charge in [0.15, 0.2) is 11.5 Å². The molecule has 3 aromatic rings. The number of amides is 2. The number of rotatable bonds is 8. The second-order valence-corrected chi connectivity index (χ2v) is 6.08. The Bertz CT molecular complexity index is 909. The highest BCUT2D eigenvalue weighted by atomic mass is 16.5. The summed E-state index contributed by atoms with van der Waals surface area (Å²) in [7, 11) is 1.59. The second-order valence-electron chi connectivity index (χ2n) is 6.08. The zero-order chi connectivity index (χ0) is 19.8. The first kappa shape index (κ1) is 19.3. The van der Waals surface area contributed by atoms with Crippen LogP contribution in [0.5, 0.6) is 11.5 Å². The molecule has 0 bridgehead atoms. The van der Waals surface area contributed by atoms with Gasteiger partial charge in [-0.2, -0.15) is 5.10 Å². The van der Waals surface area contributed by atoms with Crippen molar-refractivity contribution in [3.63, 3.8) is 0 Å². The van der Waals surface area contributed by atoms with E-state index in [9.17, 15) is 4.79 Å². The normalized spacial score (nSPS) is 10.4. The Hall–Kier alpha value is -3.48. The number of methoxy groups -OCH3 is 1. The molecule has 2 aromatic carbocycles. The van der Waals surface area contributed by atoms with Crippen molar-refractivity contribution in [3.05, 3.63) is 72.1 Å². The third-order valence-electron chi connectivity index (χ3n) is 4.09. The van der Waals surface area contributed by atoms with Crippen LogP contribution in [-0.2, 0) is 13.1 Å². The van der Waals surface area contributed by atoms with E-state index in [1.807, 2.05) is 61.7 Å². The summed E-state index contributed by atoms with van der Waals surface area (Å²) in [6.07, 6.45) is 3.64. The molecule has 0 fully saturated rings. The molecule has 146 valence electrons. The fourth-order valence-corrected chi connectivity index (χ4v) is 2.70. The Morgan fingerprint density at radius 2 is 1.79 bits per heavy atom. The summed E-state index contributed by atoms with van der Waals surface area (Å²) in [5.74, 6) is 1.34. The van der Waals surface area contributed by atoms with Crippen molar-refractivity contribution in [2.24, 2.45) is 0 Å². The fourth-order valence-electron chi connectivity index (χ4n) is 2.70. The van der Waals surface area contributed by atoms with Crippen LogP contribution in [0.1, 0.15) is 18.1 Å². The van der Waals surface area contributed by atoms with Crippen LogP contribution in [-0.4, -0.2) is 29.5 Å². The number of urea groups is 1. The van der Waals surface area contributed by atoms with E-state index in [0.717, 1.165) is 16.8 Å². The van der Waals surface area contributed by atoms with E-state index in [4.69, 9.17) is 9.47 Å². The molecular weight excluding hydrogens is 356 g/mol. The molecule has 3 rings (SSSR count). The molecule has 0 saturated heterocycles. The van der Waals surface area contributed by atoms with Gasteiger partial charge in [0.2, 0.25) is 0 Å². The van der Waals surface area contributed by atoms with Gasteiger partial charge < -0.3 is 20.1 Å². The minimum atomic E-state index is -0.250. The Labute approximate surface area is 164 Å². The number of carbonyl (C=O) groups excluding carboxylic acids is 1. The number of nitrogens with one attached hydrogen (secondary N) is 2. The van der Waals surface area contributed by atoms with Crippen LogP contribution < -0.4 is 20.1 Å². The summed E-state index contributed by atoms with van der Waals surface area (Å²) in [5, 5.41) is 9.99. The molecule has 1 heterocycles. The molecule has 0 aliphatic rings. The van der Waals surface area contributed by atoms with Gasteiger partial charge in [0.05, 0.1) is 25.6 Å². The summed E-state index contributed by atoms with van der Waals surface area (Å²) in [6, 6.07) is 15.2. The highest BCUT2D eigenvalue weighted by molar-refractivity contribution is 5.73. The molecule has 2 N–H and O–H groups in total. The van der Waals surface area contributed by atoms with Crippen LogP contribution in [0.4, 0.5) is 4.79 Å². The Morgan fingerprint density at radius 3 is 2.50 bits per heavy atom. The number of hydrogen-bond donors (Lipinski definition) is 2. The maximum atomic E-state index is 12.1. The maximum Gasteiger partial charge on any atom is 0.315 e. The lowest BCUT2D eigenvalue weighted by molar-refractivity contribution is 0.240. The van der Waals surface area contributed by atoms with Crippen molar-refractivity contribution in [2.75, 3.05) is 13.7 Å². The molecule has 7 heteroatoms. The molecule has 0 aliphatic heterocycles. The molecule has 7 nitrogen and oxygen atoms in total. The lowest BCUT2D eigenvalue weighted by Gasteiger charge is -2.12. The van der Waals surface area contributed by atoms with Gasteiger partial charge in [-0.25, -0.2) is 9.48 Å². The van der Waals surface area contributed by atoms with Crippen LogP contribution in [0.25, 0.3) is 5.69 Å². The van der Waals surface area contributed by atoms with Crippen molar-refractivity contribution >= 4 is 6.03 Å². The zero-order valence-electron chi connectivity index (χ0n) is 16.0. The minimum absolute atomic E-state index is 0.250. The average Bonchev–Trinajstić information content (AvgIpc) is 3.21. The summed E-state index contributed by atoms with van der Waals surface area (Å²) in [4.78, 5) is 12.1. The van der Waals surface area contributed by atoms with Gasteiger partial charge in [-0.05, 0) is 36.8 Å². The molecule has 0 aliphatic carbocycles. The molecule has 0 spiro atoms. The van der Waals surface area contributed by atoms with Crippen LogP contribution in [0.3, 0.4) is 0 Å². The van der Waals surface area contributed by atoms with Gasteiger partial charge in [-0.3, -0.25) is 0 Å². The van der Waals surface area contributed by atoms with Crippen molar-refractivity contribution < 1.29 is 14.3 Å². The van der Waals surface area contributed by atoms with Crippen LogP contribution in [0.2, 0.25) is 0 Å². The minimum Gasteiger partial charge on any atom is -0.493 e. The van der Waals surface area contributed by atoms with Crippen molar-refractivity contribution in [3.8, 4) is 17.2 Å². The second kappa shape index (κ2) is 9.45. The molecule has 0 saturated carbocycles. The van der Waals surface area contributed by atoms with Crippen LogP contribution in [0, 0.1) is 0 Å². The fraction of sp³-hybridized carbons (Fsp3) is 0.238. The van der Waals surface area contributed by atoms with Gasteiger partial charge in [0.25, 0.3) is 0 Å². The number of para-hydroxylation sites is 1. The molecule has 0 atom stereocenters. The van der Waals surface area contributed by atoms with Crippen LogP contribution in [0.15, 0.2) is 60.9 Å². The van der Waals surface area contributed by atoms with Crippen LogP contribution >= 0.6 is 0 Å². The summed E-state index contributed by atoms with van der Waals surface area (Å²) < 4.78 is 12.6. The lowest BCUT2D eigenvalue weighted by atomic mass is 10.2. The first-order valence-electron chi connectivity index (χ1n) is 9.10. The smallest absolute Gasteiger partial charge is 0.315 e. The van der Waals surface area contributed by atoms with E-state index in [2.05, 4.69) is 15.7 Å². The molecule has 1 aromatic heterocycles. The lowest BCUT2D eigenvalue weighted by Crippen LogP contribution is -2.34. The van der Waals surface area contributed by atoms with Gasteiger partial charge in [0, 0.05) is 24.8 Å². The molecule has 2 amide bonds. The molecule has 28 heavy (non-hydrogen) atoms. The van der Waals surface area contributed by atoms with E-state index in [1.165, 1.54) is 0 Å². The standard InChI is InChI=1S/C21H24N4O3/c1-3-28-19-10-9-16(11-20(19)27-2)12-22-21(26)23-13-17-14-24-25(15-17)18-7-5-4-6-8-18/h4-11,14-15H,3,12-13H2,1-2H3,(H2,22,23,26). The first-order chi connectivity index (χ1) is 13.7. The predicted octanol–water partition coefficient (Wildman–Crippen LogP) is 3.28. The number of hydrogen-bond acceptors (Lipinski definition) is 4. The highest BCUT2D eigenvalue weighted by Crippen LogP contribution is 2.27. The monoisotopic (exact) mass is 380 g/mol. The third-order valence-corrected chi connectivity index (χ3v) is 4.09. The maximum absolute atomic E-state index is 12.1. The first-order valence-corrected chi connectivity index (χ1v) is 9.10. The third kappa shape index (κ3) is 5.03. The largest absolute Gasteiger partial charge is 0.493 e. The molecule has 0 unspecified atom stereocenters. The Morgan fingerprint density at radius 1 is 1.04 bits per heavy atom. The summed E-state index contributed by atoms with van der Waals surface area (Å²) in [6.45, 7) is 3.27. The Balaban J connectivity index is 1.49. The zero-order valence-corrected chi connectivity index (χ0v) is 16.0. The average molecular weight is 380 g/mol. The highest BCUT2D eigenvalue weighted by Gasteiger charge is 2.07. The summed E-state index contributed by atoms with van der Waals surface area (Å²) in [5.41, 5.74) is 2.82. The topological polar surface area (TPSA) is 77.4 Å². The van der Waals surface area contributed by atoms with E-state index < -0.39 is 0 Å². The number of ether oxygens (including phenoxy) is 2. The molecule has 0 radical (unpaired) electrons. The van der Waals surface area contributed by atoms with Crippen molar-refractivity contribution in [1.82, 2.24) is 20.4 Å². The number of aromatic nitrogens is 2. The van der Waals surface area contributed by atoms with Gasteiger partial charge in [-0.1, -0.05) is 24.3 Å². The van der Waals surface area contributed by atoms with Crippen molar-refractivity contribution in [1.29, 1.82) is 0 Å². The number of carbonyl (C=O) groups is 1. The van der Waals surface area contributed by atoms with E-state index in [1.54, 1.807) is 18.0 Å². The number of nitrogens with zero attached hydrogens (tertiary/aromatic N) is 2. The SMILES string of the molecule is CCOc1ccc(CNC(=O)NCc2cnn(-c3ccccc3)c2)cc1OC. The van der Waals surface area contributed by atoms with Gasteiger partial charge >= 0.3 is 6.03 Å². The van der Waals surface area contributed by atoms with E-state index >= 15 is 0 Å². The summed E-state index contributed by atoms with van der Waals surface area (Å²) >= 11 is 0. The van der Waals surface area contributed by atoms with Gasteiger partial charge in [0.1, 0.15) is 0 Å². The van der Waals surface area contributed by atoms with E-state index in [0.29, 0.717) is 31.2 Å². The van der Waals surface area contributed by atoms with E-state index in [-0.39, 0.29) is 6.03 Å².